The number of carbonyl (C=O) groups excluding carboxylic acids is 2. The number of rotatable bonds is 8. The fourth-order valence-electron chi connectivity index (χ4n) is 4.68. The van der Waals surface area contributed by atoms with Gasteiger partial charge < -0.3 is 18.9 Å². The average molecular weight is 444 g/mol. The Bertz CT molecular complexity index is 946. The van der Waals surface area contributed by atoms with E-state index in [0.717, 1.165) is 5.70 Å². The molecule has 0 spiro atoms. The lowest BCUT2D eigenvalue weighted by molar-refractivity contribution is -0.148. The number of esters is 1. The van der Waals surface area contributed by atoms with Crippen molar-refractivity contribution in [1.82, 2.24) is 0 Å². The first kappa shape index (κ1) is 24.0. The third-order valence-electron chi connectivity index (χ3n) is 6.00. The van der Waals surface area contributed by atoms with Gasteiger partial charge in [0.1, 0.15) is 12.5 Å². The molecule has 0 saturated carbocycles. The number of hydrogen-bond donors (Lipinski definition) is 0. The summed E-state index contributed by atoms with van der Waals surface area (Å²) in [6, 6.07) is 5.51. The summed E-state index contributed by atoms with van der Waals surface area (Å²) in [6.45, 7) is 8.85. The summed E-state index contributed by atoms with van der Waals surface area (Å²) in [5.41, 5.74) is 2.48. The fraction of sp³-hybridized carbons (Fsp3) is 0.560. The van der Waals surface area contributed by atoms with Crippen molar-refractivity contribution in [3.8, 4) is 11.5 Å². The third kappa shape index (κ3) is 4.72. The minimum atomic E-state index is -0.735. The lowest BCUT2D eigenvalue weighted by atomic mass is 9.66. The highest BCUT2D eigenvalue weighted by Crippen LogP contribution is 2.50. The highest BCUT2D eigenvalue weighted by Gasteiger charge is 2.47. The Balaban J connectivity index is 2.12. The summed E-state index contributed by atoms with van der Waals surface area (Å²) in [5.74, 6) is -0.664. The zero-order chi connectivity index (χ0) is 23.5. The van der Waals surface area contributed by atoms with Crippen LogP contribution in [0.1, 0.15) is 52.0 Å². The van der Waals surface area contributed by atoms with Gasteiger partial charge in [-0.05, 0) is 31.7 Å². The van der Waals surface area contributed by atoms with E-state index in [-0.39, 0.29) is 17.8 Å². The maximum Gasteiger partial charge on any atom is 0.315 e. The second-order valence-corrected chi connectivity index (χ2v) is 8.96. The van der Waals surface area contributed by atoms with Gasteiger partial charge in [-0.3, -0.25) is 14.6 Å². The molecular formula is C25H33NO6. The number of hydrogen-bond acceptors (Lipinski definition) is 7. The first-order chi connectivity index (χ1) is 15.2. The molecule has 0 N–H and O–H groups in total. The van der Waals surface area contributed by atoms with Crippen LogP contribution in [0.15, 0.2) is 34.5 Å². The van der Waals surface area contributed by atoms with Crippen molar-refractivity contribution < 1.29 is 28.5 Å². The van der Waals surface area contributed by atoms with Gasteiger partial charge in [0.2, 0.25) is 0 Å². The van der Waals surface area contributed by atoms with Gasteiger partial charge >= 0.3 is 5.97 Å². The molecule has 1 heterocycles. The largest absolute Gasteiger partial charge is 0.493 e. The van der Waals surface area contributed by atoms with E-state index in [0.29, 0.717) is 54.4 Å². The minimum Gasteiger partial charge on any atom is -0.493 e. The van der Waals surface area contributed by atoms with Gasteiger partial charge in [0.05, 0.1) is 20.8 Å². The fourth-order valence-corrected chi connectivity index (χ4v) is 4.68. The van der Waals surface area contributed by atoms with E-state index in [2.05, 4.69) is 13.8 Å². The van der Waals surface area contributed by atoms with Crippen molar-refractivity contribution in [1.29, 1.82) is 0 Å². The Labute approximate surface area is 189 Å². The van der Waals surface area contributed by atoms with E-state index < -0.39 is 17.8 Å². The van der Waals surface area contributed by atoms with Crippen LogP contribution < -0.4 is 9.47 Å². The number of allylic oxidation sites excluding steroid dienone is 2. The molecule has 0 bridgehead atoms. The SMILES string of the molecule is CCOCCOC(=O)C1C(C)=NC2=C(C(=O)CC(C)(C)C2)[C@H]1c1cccc(OC)c1OC. The molecule has 0 fully saturated rings. The Morgan fingerprint density at radius 3 is 2.56 bits per heavy atom. The maximum absolute atomic E-state index is 13.4. The summed E-state index contributed by atoms with van der Waals surface area (Å²) in [7, 11) is 3.12. The lowest BCUT2D eigenvalue weighted by Gasteiger charge is -2.39. The predicted molar refractivity (Wildman–Crippen MR) is 121 cm³/mol. The Morgan fingerprint density at radius 1 is 1.16 bits per heavy atom. The van der Waals surface area contributed by atoms with Gasteiger partial charge in [-0.15, -0.1) is 0 Å². The second kappa shape index (κ2) is 9.86. The van der Waals surface area contributed by atoms with E-state index in [9.17, 15) is 9.59 Å². The number of nitrogens with zero attached hydrogens (tertiary/aromatic N) is 1. The molecule has 1 aromatic rings. The number of ketones is 1. The summed E-state index contributed by atoms with van der Waals surface area (Å²) in [6.07, 6.45) is 1.07. The highest BCUT2D eigenvalue weighted by molar-refractivity contribution is 6.09. The molecule has 1 unspecified atom stereocenters. The number of para-hydroxylation sites is 1. The summed E-state index contributed by atoms with van der Waals surface area (Å²) < 4.78 is 22.0. The van der Waals surface area contributed by atoms with E-state index in [1.165, 1.54) is 0 Å². The molecule has 1 aliphatic heterocycles. The second-order valence-electron chi connectivity index (χ2n) is 8.96. The van der Waals surface area contributed by atoms with Gasteiger partial charge in [-0.25, -0.2) is 0 Å². The molecule has 0 aromatic heterocycles. The molecule has 3 rings (SSSR count). The average Bonchev–Trinajstić information content (AvgIpc) is 2.74. The minimum absolute atomic E-state index is 0.00879. The number of benzene rings is 1. The quantitative estimate of drug-likeness (QED) is 0.444. The lowest BCUT2D eigenvalue weighted by Crippen LogP contribution is -2.40. The molecule has 0 radical (unpaired) electrons. The molecule has 174 valence electrons. The number of ether oxygens (including phenoxy) is 4. The van der Waals surface area contributed by atoms with Crippen molar-refractivity contribution in [2.45, 2.75) is 46.5 Å². The number of carbonyl (C=O) groups is 2. The number of methoxy groups -OCH3 is 2. The molecular weight excluding hydrogens is 410 g/mol. The topological polar surface area (TPSA) is 83.4 Å². The third-order valence-corrected chi connectivity index (χ3v) is 6.00. The van der Waals surface area contributed by atoms with E-state index in [1.54, 1.807) is 20.3 Å². The van der Waals surface area contributed by atoms with Gasteiger partial charge in [0.15, 0.2) is 17.3 Å². The standard InChI is InChI=1S/C25H33NO6/c1-7-31-11-12-32-24(28)20-15(2)26-17-13-25(3,4)14-18(27)22(17)21(20)16-9-8-10-19(29-5)23(16)30-6/h8-10,20-21H,7,11-14H2,1-6H3/t20?,21-/m0/s1. The molecule has 1 aliphatic carbocycles. The van der Waals surface area contributed by atoms with Gasteiger partial charge in [-0.1, -0.05) is 26.0 Å². The molecule has 7 nitrogen and oxygen atoms in total. The van der Waals surface area contributed by atoms with Crippen molar-refractivity contribution in [2.24, 2.45) is 16.3 Å². The number of aliphatic imine (C=N–C) groups is 1. The summed E-state index contributed by atoms with van der Waals surface area (Å²) >= 11 is 0. The summed E-state index contributed by atoms with van der Waals surface area (Å²) in [4.78, 5) is 31.4. The van der Waals surface area contributed by atoms with Crippen LogP contribution in [0.25, 0.3) is 0 Å². The van der Waals surface area contributed by atoms with Crippen LogP contribution in [0, 0.1) is 11.3 Å². The van der Waals surface area contributed by atoms with Crippen LogP contribution in [0.3, 0.4) is 0 Å². The molecule has 0 amide bonds. The molecule has 2 aliphatic rings. The van der Waals surface area contributed by atoms with Crippen molar-refractivity contribution in [3.63, 3.8) is 0 Å². The van der Waals surface area contributed by atoms with Gasteiger partial charge in [0, 0.05) is 41.5 Å². The van der Waals surface area contributed by atoms with E-state index in [1.807, 2.05) is 26.0 Å². The molecule has 32 heavy (non-hydrogen) atoms. The normalized spacial score (nSPS) is 22.2. The molecule has 7 heteroatoms. The van der Waals surface area contributed by atoms with Crippen molar-refractivity contribution in [3.05, 3.63) is 35.0 Å². The van der Waals surface area contributed by atoms with E-state index in [4.69, 9.17) is 23.9 Å². The van der Waals surface area contributed by atoms with Crippen LogP contribution in [0.5, 0.6) is 11.5 Å². The van der Waals surface area contributed by atoms with Crippen LogP contribution in [-0.4, -0.2) is 51.5 Å². The zero-order valence-electron chi connectivity index (χ0n) is 19.8. The summed E-state index contributed by atoms with van der Waals surface area (Å²) in [5, 5.41) is 0. The van der Waals surface area contributed by atoms with Crippen LogP contribution in [-0.2, 0) is 19.1 Å². The highest BCUT2D eigenvalue weighted by atomic mass is 16.6. The monoisotopic (exact) mass is 443 g/mol. The molecule has 2 atom stereocenters. The van der Waals surface area contributed by atoms with Gasteiger partial charge in [-0.2, -0.15) is 0 Å². The van der Waals surface area contributed by atoms with Gasteiger partial charge in [0.25, 0.3) is 0 Å². The van der Waals surface area contributed by atoms with Crippen molar-refractivity contribution in [2.75, 3.05) is 34.0 Å². The van der Waals surface area contributed by atoms with E-state index >= 15 is 0 Å². The smallest absolute Gasteiger partial charge is 0.315 e. The van der Waals surface area contributed by atoms with Crippen molar-refractivity contribution >= 4 is 17.5 Å². The van der Waals surface area contributed by atoms with Crippen LogP contribution in [0.4, 0.5) is 0 Å². The van der Waals surface area contributed by atoms with Crippen LogP contribution >= 0.6 is 0 Å². The first-order valence-electron chi connectivity index (χ1n) is 11.0. The Morgan fingerprint density at radius 2 is 1.91 bits per heavy atom. The zero-order valence-corrected chi connectivity index (χ0v) is 19.8. The first-order valence-corrected chi connectivity index (χ1v) is 11.0. The maximum atomic E-state index is 13.4. The molecule has 1 aromatic carbocycles. The molecule has 0 saturated heterocycles. The Hall–Kier alpha value is -2.67. The predicted octanol–water partition coefficient (Wildman–Crippen LogP) is 4.10. The van der Waals surface area contributed by atoms with Crippen LogP contribution in [0.2, 0.25) is 0 Å². The Kier molecular flexibility index (Phi) is 7.39. The number of Topliss-reactive ketones (excluding diaryl/α,β-unsaturated/α-hetero) is 1.